The second-order valence-electron chi connectivity index (χ2n) is 10.1. The zero-order valence-corrected chi connectivity index (χ0v) is 20.9. The lowest BCUT2D eigenvalue weighted by Gasteiger charge is -2.32. The average Bonchev–Trinajstić information content (AvgIpc) is 3.30. The molecule has 1 atom stereocenters. The molecule has 1 fully saturated rings. The van der Waals surface area contributed by atoms with Crippen LogP contribution in [-0.4, -0.2) is 62.7 Å². The quantitative estimate of drug-likeness (QED) is 0.380. The van der Waals surface area contributed by atoms with Gasteiger partial charge in [-0.3, -0.25) is 0 Å². The zero-order valence-electron chi connectivity index (χ0n) is 20.9. The fourth-order valence-corrected chi connectivity index (χ4v) is 5.41. The van der Waals surface area contributed by atoms with Crippen LogP contribution in [0.3, 0.4) is 0 Å². The Morgan fingerprint density at radius 3 is 2.53 bits per heavy atom. The van der Waals surface area contributed by atoms with E-state index in [0.717, 1.165) is 31.7 Å². The lowest BCUT2D eigenvalue weighted by atomic mass is 10.0. The summed E-state index contributed by atoms with van der Waals surface area (Å²) in [6.45, 7) is 10.3. The van der Waals surface area contributed by atoms with Crippen molar-refractivity contribution in [3.8, 4) is 5.75 Å². The van der Waals surface area contributed by atoms with Gasteiger partial charge in [-0.25, -0.2) is 0 Å². The molecule has 5 rings (SSSR count). The molecule has 0 bridgehead atoms. The van der Waals surface area contributed by atoms with Crippen molar-refractivity contribution in [1.82, 2.24) is 9.80 Å². The van der Waals surface area contributed by atoms with Gasteiger partial charge in [0.15, 0.2) is 0 Å². The smallest absolute Gasteiger partial charge is 0.119 e. The number of benzene rings is 3. The maximum atomic E-state index is 6.14. The Balaban J connectivity index is 1.14. The van der Waals surface area contributed by atoms with Crippen molar-refractivity contribution >= 4 is 16.5 Å². The highest BCUT2D eigenvalue weighted by Gasteiger charge is 2.24. The number of para-hydroxylation sites is 1. The third kappa shape index (κ3) is 5.39. The number of fused-ring (bicyclic) bond motifs is 2. The van der Waals surface area contributed by atoms with Crippen molar-refractivity contribution in [3.63, 3.8) is 0 Å². The Morgan fingerprint density at radius 2 is 1.65 bits per heavy atom. The Morgan fingerprint density at radius 1 is 0.824 bits per heavy atom. The molecule has 0 saturated carbocycles. The van der Waals surface area contributed by atoms with E-state index >= 15 is 0 Å². The number of nitrogens with zero attached hydrogens (tertiary/aromatic N) is 3. The van der Waals surface area contributed by atoms with Gasteiger partial charge in [-0.05, 0) is 92.4 Å². The SMILES string of the molecule is C[C@H](c1ccc2ccc(OCCCCCN3CCN(C)CC3)cc2c1)N1CCc2ccccc21. The van der Waals surface area contributed by atoms with E-state index in [-0.39, 0.29) is 0 Å². The van der Waals surface area contributed by atoms with Gasteiger partial charge in [0.05, 0.1) is 12.6 Å². The molecular formula is C30H39N3O. The summed E-state index contributed by atoms with van der Waals surface area (Å²) in [4.78, 5) is 7.56. The lowest BCUT2D eigenvalue weighted by molar-refractivity contribution is 0.151. The second-order valence-corrected chi connectivity index (χ2v) is 10.1. The number of likely N-dealkylation sites (N-methyl/N-ethyl adjacent to an activating group) is 1. The molecule has 4 nitrogen and oxygen atoms in total. The monoisotopic (exact) mass is 457 g/mol. The summed E-state index contributed by atoms with van der Waals surface area (Å²) in [7, 11) is 2.22. The Labute approximate surface area is 205 Å². The molecular weight excluding hydrogens is 418 g/mol. The van der Waals surface area contributed by atoms with Crippen LogP contribution in [0.2, 0.25) is 0 Å². The highest BCUT2D eigenvalue weighted by atomic mass is 16.5. The number of rotatable bonds is 9. The van der Waals surface area contributed by atoms with Crippen LogP contribution in [0.5, 0.6) is 5.75 Å². The van der Waals surface area contributed by atoms with Gasteiger partial charge < -0.3 is 19.4 Å². The van der Waals surface area contributed by atoms with E-state index in [1.807, 2.05) is 0 Å². The first-order chi connectivity index (χ1) is 16.7. The van der Waals surface area contributed by atoms with Crippen LogP contribution < -0.4 is 9.64 Å². The lowest BCUT2D eigenvalue weighted by Crippen LogP contribution is -2.44. The predicted molar refractivity (Wildman–Crippen MR) is 143 cm³/mol. The van der Waals surface area contributed by atoms with E-state index in [0.29, 0.717) is 6.04 Å². The van der Waals surface area contributed by atoms with Crippen LogP contribution in [0, 0.1) is 0 Å². The molecule has 2 heterocycles. The predicted octanol–water partition coefficient (Wildman–Crippen LogP) is 5.76. The Kier molecular flexibility index (Phi) is 7.36. The molecule has 34 heavy (non-hydrogen) atoms. The first-order valence-electron chi connectivity index (χ1n) is 13.1. The first-order valence-corrected chi connectivity index (χ1v) is 13.1. The van der Waals surface area contributed by atoms with Crippen LogP contribution in [0.1, 0.15) is 43.4 Å². The molecule has 0 radical (unpaired) electrons. The molecule has 3 aromatic rings. The molecule has 2 aliphatic heterocycles. The van der Waals surface area contributed by atoms with Crippen LogP contribution in [-0.2, 0) is 6.42 Å². The van der Waals surface area contributed by atoms with Crippen molar-refractivity contribution in [1.29, 1.82) is 0 Å². The topological polar surface area (TPSA) is 19.0 Å². The Bertz CT molecular complexity index is 1090. The summed E-state index contributed by atoms with van der Waals surface area (Å²) in [5.41, 5.74) is 4.22. The highest BCUT2D eigenvalue weighted by Crippen LogP contribution is 2.35. The number of ether oxygens (including phenoxy) is 1. The van der Waals surface area contributed by atoms with Gasteiger partial charge in [-0.15, -0.1) is 0 Å². The molecule has 3 aromatic carbocycles. The number of hydrogen-bond donors (Lipinski definition) is 0. The van der Waals surface area contributed by atoms with Crippen LogP contribution in [0.4, 0.5) is 5.69 Å². The number of piperazine rings is 1. The van der Waals surface area contributed by atoms with Gasteiger partial charge in [0.25, 0.3) is 0 Å². The maximum Gasteiger partial charge on any atom is 0.119 e. The molecule has 2 aliphatic rings. The fraction of sp³-hybridized carbons (Fsp3) is 0.467. The van der Waals surface area contributed by atoms with Crippen LogP contribution >= 0.6 is 0 Å². The zero-order chi connectivity index (χ0) is 23.3. The summed E-state index contributed by atoms with van der Waals surface area (Å²) in [6, 6.07) is 22.6. The molecule has 0 aliphatic carbocycles. The Hall–Kier alpha value is -2.56. The molecule has 1 saturated heterocycles. The summed E-state index contributed by atoms with van der Waals surface area (Å²) < 4.78 is 6.14. The summed E-state index contributed by atoms with van der Waals surface area (Å²) in [5, 5.41) is 2.54. The molecule has 0 aromatic heterocycles. The highest BCUT2D eigenvalue weighted by molar-refractivity contribution is 5.84. The minimum absolute atomic E-state index is 0.359. The normalized spacial score (nSPS) is 17.8. The average molecular weight is 458 g/mol. The molecule has 180 valence electrons. The van der Waals surface area contributed by atoms with Gasteiger partial charge in [-0.1, -0.05) is 36.4 Å². The van der Waals surface area contributed by atoms with Crippen molar-refractivity contribution in [2.24, 2.45) is 0 Å². The maximum absolute atomic E-state index is 6.14. The third-order valence-corrected chi connectivity index (χ3v) is 7.69. The number of unbranched alkanes of at least 4 members (excludes halogenated alkanes) is 2. The van der Waals surface area contributed by atoms with Crippen LogP contribution in [0.15, 0.2) is 60.7 Å². The van der Waals surface area contributed by atoms with E-state index in [4.69, 9.17) is 4.74 Å². The molecule has 0 spiro atoms. The summed E-state index contributed by atoms with van der Waals surface area (Å²) in [5.74, 6) is 0.989. The third-order valence-electron chi connectivity index (χ3n) is 7.69. The van der Waals surface area contributed by atoms with Crippen molar-refractivity contribution in [2.75, 3.05) is 57.8 Å². The fourth-order valence-electron chi connectivity index (χ4n) is 5.41. The molecule has 0 N–H and O–H groups in total. The van der Waals surface area contributed by atoms with Gasteiger partial charge in [0, 0.05) is 38.4 Å². The van der Waals surface area contributed by atoms with E-state index < -0.39 is 0 Å². The largest absolute Gasteiger partial charge is 0.494 e. The van der Waals surface area contributed by atoms with Crippen molar-refractivity contribution in [3.05, 3.63) is 71.8 Å². The van der Waals surface area contributed by atoms with E-state index in [2.05, 4.69) is 89.3 Å². The van der Waals surface area contributed by atoms with Crippen molar-refractivity contribution < 1.29 is 4.74 Å². The summed E-state index contributed by atoms with van der Waals surface area (Å²) >= 11 is 0. The van der Waals surface area contributed by atoms with Gasteiger partial charge in [0.1, 0.15) is 5.75 Å². The first kappa shape index (κ1) is 23.2. The summed E-state index contributed by atoms with van der Waals surface area (Å²) in [6.07, 6.45) is 4.77. The number of hydrogen-bond acceptors (Lipinski definition) is 4. The van der Waals surface area contributed by atoms with Gasteiger partial charge >= 0.3 is 0 Å². The molecule has 0 unspecified atom stereocenters. The van der Waals surface area contributed by atoms with Gasteiger partial charge in [-0.2, -0.15) is 0 Å². The van der Waals surface area contributed by atoms with Crippen LogP contribution in [0.25, 0.3) is 10.8 Å². The van der Waals surface area contributed by atoms with Crippen molar-refractivity contribution in [2.45, 2.75) is 38.6 Å². The van der Waals surface area contributed by atoms with E-state index in [1.54, 1.807) is 0 Å². The van der Waals surface area contributed by atoms with E-state index in [9.17, 15) is 0 Å². The minimum atomic E-state index is 0.359. The molecule has 0 amide bonds. The van der Waals surface area contributed by atoms with Gasteiger partial charge in [0.2, 0.25) is 0 Å². The standard InChI is InChI=1S/C30H39N3O/c1-24(33-16-14-26-8-4-5-9-30(26)33)27-11-10-25-12-13-29(23-28(25)22-27)34-21-7-3-6-15-32-19-17-31(2)18-20-32/h4-5,8-13,22-24H,3,6-7,14-21H2,1-2H3/t24-/m1/s1. The minimum Gasteiger partial charge on any atom is -0.494 e. The van der Waals surface area contributed by atoms with E-state index in [1.165, 1.54) is 73.2 Å². The molecule has 4 heteroatoms. The number of anilines is 1. The second kappa shape index (κ2) is 10.8.